The Morgan fingerprint density at radius 3 is 2.50 bits per heavy atom. The number of hydrogen-bond acceptors (Lipinski definition) is 4. The molecule has 0 saturated carbocycles. The van der Waals surface area contributed by atoms with Crippen molar-refractivity contribution in [3.8, 4) is 17.0 Å². The van der Waals surface area contributed by atoms with Crippen molar-refractivity contribution in [2.24, 2.45) is 0 Å². The fourth-order valence-corrected chi connectivity index (χ4v) is 3.32. The number of fused-ring (bicyclic) bond motifs is 1. The highest BCUT2D eigenvalue weighted by Crippen LogP contribution is 2.30. The lowest BCUT2D eigenvalue weighted by Crippen LogP contribution is -2.28. The molecule has 28 heavy (non-hydrogen) atoms. The van der Waals surface area contributed by atoms with Crippen molar-refractivity contribution in [2.45, 2.75) is 13.3 Å². The lowest BCUT2D eigenvalue weighted by Gasteiger charge is -2.15. The fourth-order valence-electron chi connectivity index (χ4n) is 3.32. The summed E-state index contributed by atoms with van der Waals surface area (Å²) in [5.41, 5.74) is 4.18. The van der Waals surface area contributed by atoms with Crippen LogP contribution in [0.5, 0.6) is 5.75 Å². The third-order valence-corrected chi connectivity index (χ3v) is 4.79. The first kappa shape index (κ1) is 19.8. The zero-order valence-corrected chi connectivity index (χ0v) is 17.0. The van der Waals surface area contributed by atoms with Crippen molar-refractivity contribution in [2.75, 3.05) is 34.3 Å². The maximum atomic E-state index is 13.0. The maximum Gasteiger partial charge on any atom is 0.252 e. The normalized spacial score (nSPS) is 11.0. The first-order valence-electron chi connectivity index (χ1n) is 9.48. The van der Waals surface area contributed by atoms with Gasteiger partial charge in [0, 0.05) is 17.5 Å². The van der Waals surface area contributed by atoms with Gasteiger partial charge in [0.25, 0.3) is 5.91 Å². The van der Waals surface area contributed by atoms with E-state index in [1.807, 2.05) is 69.6 Å². The Hall–Kier alpha value is -2.92. The van der Waals surface area contributed by atoms with E-state index < -0.39 is 0 Å². The number of benzene rings is 2. The molecule has 5 nitrogen and oxygen atoms in total. The average molecular weight is 377 g/mol. The van der Waals surface area contributed by atoms with Gasteiger partial charge in [-0.05, 0) is 69.9 Å². The van der Waals surface area contributed by atoms with Gasteiger partial charge in [-0.1, -0.05) is 18.2 Å². The molecule has 0 bridgehead atoms. The number of amides is 1. The van der Waals surface area contributed by atoms with Crippen molar-refractivity contribution in [1.82, 2.24) is 15.2 Å². The molecule has 0 radical (unpaired) electrons. The van der Waals surface area contributed by atoms with Crippen LogP contribution in [0.4, 0.5) is 0 Å². The largest absolute Gasteiger partial charge is 0.497 e. The predicted molar refractivity (Wildman–Crippen MR) is 114 cm³/mol. The van der Waals surface area contributed by atoms with Crippen molar-refractivity contribution in [3.05, 3.63) is 59.7 Å². The Morgan fingerprint density at radius 2 is 1.82 bits per heavy atom. The number of pyridine rings is 1. The van der Waals surface area contributed by atoms with Crippen LogP contribution in [-0.2, 0) is 0 Å². The van der Waals surface area contributed by atoms with Crippen molar-refractivity contribution in [1.29, 1.82) is 0 Å². The molecule has 0 atom stereocenters. The molecule has 0 aliphatic heterocycles. The second-order valence-corrected chi connectivity index (χ2v) is 7.12. The molecule has 2 aromatic carbocycles. The van der Waals surface area contributed by atoms with Gasteiger partial charge in [-0.15, -0.1) is 0 Å². The van der Waals surface area contributed by atoms with Crippen LogP contribution in [0.3, 0.4) is 0 Å². The predicted octanol–water partition coefficient (Wildman–Crippen LogP) is 3.90. The van der Waals surface area contributed by atoms with Gasteiger partial charge in [-0.3, -0.25) is 4.79 Å². The number of rotatable bonds is 7. The third kappa shape index (κ3) is 4.31. The lowest BCUT2D eigenvalue weighted by atomic mass is 9.97. The van der Waals surface area contributed by atoms with E-state index >= 15 is 0 Å². The standard InChI is InChI=1S/C23H27N3O2/c1-16-21(23(27)24-14-7-15-26(2)3)19-8-5-6-9-20(19)25-22(16)17-10-12-18(28-4)13-11-17/h5-6,8-13H,7,14-15H2,1-4H3,(H,24,27). The van der Waals surface area contributed by atoms with E-state index in [1.165, 1.54) is 0 Å². The van der Waals surface area contributed by atoms with Crippen molar-refractivity contribution < 1.29 is 9.53 Å². The Balaban J connectivity index is 2.00. The summed E-state index contributed by atoms with van der Waals surface area (Å²) < 4.78 is 5.25. The maximum absolute atomic E-state index is 13.0. The van der Waals surface area contributed by atoms with Crippen LogP contribution in [-0.4, -0.2) is 50.1 Å². The molecular weight excluding hydrogens is 350 g/mol. The number of hydrogen-bond donors (Lipinski definition) is 1. The first-order chi connectivity index (χ1) is 13.5. The molecule has 0 unspecified atom stereocenters. The summed E-state index contributed by atoms with van der Waals surface area (Å²) in [6, 6.07) is 15.6. The molecule has 3 rings (SSSR count). The smallest absolute Gasteiger partial charge is 0.252 e. The van der Waals surface area contributed by atoms with Gasteiger partial charge in [0.2, 0.25) is 0 Å². The molecule has 5 heteroatoms. The topological polar surface area (TPSA) is 54.5 Å². The van der Waals surface area contributed by atoms with Crippen molar-refractivity contribution in [3.63, 3.8) is 0 Å². The van der Waals surface area contributed by atoms with E-state index in [-0.39, 0.29) is 5.91 Å². The third-order valence-electron chi connectivity index (χ3n) is 4.79. The number of nitrogens with one attached hydrogen (secondary N) is 1. The summed E-state index contributed by atoms with van der Waals surface area (Å²) in [4.78, 5) is 20.0. The Kier molecular flexibility index (Phi) is 6.26. The summed E-state index contributed by atoms with van der Waals surface area (Å²) in [6.07, 6.45) is 0.909. The van der Waals surface area contributed by atoms with Crippen LogP contribution in [0.2, 0.25) is 0 Å². The monoisotopic (exact) mass is 377 g/mol. The van der Waals surface area contributed by atoms with Crippen molar-refractivity contribution >= 4 is 16.8 Å². The molecule has 1 N–H and O–H groups in total. The van der Waals surface area contributed by atoms with E-state index in [2.05, 4.69) is 10.2 Å². The number of ether oxygens (including phenoxy) is 1. The summed E-state index contributed by atoms with van der Waals surface area (Å²) in [7, 11) is 5.71. The number of carbonyl (C=O) groups is 1. The molecule has 0 fully saturated rings. The van der Waals surface area contributed by atoms with E-state index in [4.69, 9.17) is 9.72 Å². The number of methoxy groups -OCH3 is 1. The average Bonchev–Trinajstić information content (AvgIpc) is 2.70. The minimum absolute atomic E-state index is 0.0513. The van der Waals surface area contributed by atoms with Crippen LogP contribution in [0.15, 0.2) is 48.5 Å². The Morgan fingerprint density at radius 1 is 1.11 bits per heavy atom. The van der Waals surface area contributed by atoms with Crippen LogP contribution in [0.1, 0.15) is 22.3 Å². The van der Waals surface area contributed by atoms with E-state index in [0.717, 1.165) is 46.4 Å². The highest BCUT2D eigenvalue weighted by molar-refractivity contribution is 6.08. The minimum atomic E-state index is -0.0513. The molecule has 1 amide bonds. The lowest BCUT2D eigenvalue weighted by molar-refractivity contribution is 0.0953. The molecule has 0 saturated heterocycles. The van der Waals surface area contributed by atoms with E-state index in [1.54, 1.807) is 7.11 Å². The Labute approximate surface area is 166 Å². The summed E-state index contributed by atoms with van der Waals surface area (Å²) >= 11 is 0. The molecule has 146 valence electrons. The quantitative estimate of drug-likeness (QED) is 0.635. The van der Waals surface area contributed by atoms with Gasteiger partial charge in [-0.25, -0.2) is 4.98 Å². The molecule has 1 heterocycles. The molecular formula is C23H27N3O2. The van der Waals surface area contributed by atoms with Gasteiger partial charge in [0.1, 0.15) is 5.75 Å². The zero-order chi connectivity index (χ0) is 20.1. The Bertz CT molecular complexity index is 965. The van der Waals surface area contributed by atoms with E-state index in [9.17, 15) is 4.79 Å². The van der Waals surface area contributed by atoms with E-state index in [0.29, 0.717) is 12.1 Å². The number of para-hydroxylation sites is 1. The number of carbonyl (C=O) groups excluding carboxylic acids is 1. The fraction of sp³-hybridized carbons (Fsp3) is 0.304. The summed E-state index contributed by atoms with van der Waals surface area (Å²) in [6.45, 7) is 3.55. The second-order valence-electron chi connectivity index (χ2n) is 7.12. The summed E-state index contributed by atoms with van der Waals surface area (Å²) in [5.74, 6) is 0.741. The van der Waals surface area contributed by atoms with Crippen LogP contribution < -0.4 is 10.1 Å². The van der Waals surface area contributed by atoms with Gasteiger partial charge in [-0.2, -0.15) is 0 Å². The SMILES string of the molecule is COc1ccc(-c2nc3ccccc3c(C(=O)NCCCN(C)C)c2C)cc1. The van der Waals surface area contributed by atoms with Crippen LogP contribution in [0.25, 0.3) is 22.2 Å². The summed E-state index contributed by atoms with van der Waals surface area (Å²) in [5, 5.41) is 3.95. The first-order valence-corrected chi connectivity index (χ1v) is 9.48. The molecule has 0 aliphatic rings. The van der Waals surface area contributed by atoms with Gasteiger partial charge in [0.05, 0.1) is 23.9 Å². The molecule has 0 spiro atoms. The molecule has 0 aliphatic carbocycles. The minimum Gasteiger partial charge on any atom is -0.497 e. The van der Waals surface area contributed by atoms with Crippen LogP contribution in [0, 0.1) is 6.92 Å². The number of aromatic nitrogens is 1. The molecule has 3 aromatic rings. The highest BCUT2D eigenvalue weighted by Gasteiger charge is 2.18. The van der Waals surface area contributed by atoms with Gasteiger partial charge >= 0.3 is 0 Å². The zero-order valence-electron chi connectivity index (χ0n) is 17.0. The van der Waals surface area contributed by atoms with Gasteiger partial charge < -0.3 is 15.0 Å². The van der Waals surface area contributed by atoms with Crippen LogP contribution >= 0.6 is 0 Å². The van der Waals surface area contributed by atoms with Gasteiger partial charge in [0.15, 0.2) is 0 Å². The second kappa shape index (κ2) is 8.85. The molecule has 1 aromatic heterocycles. The highest BCUT2D eigenvalue weighted by atomic mass is 16.5. The number of nitrogens with zero attached hydrogens (tertiary/aromatic N) is 2.